The number of ether oxygens (including phenoxy) is 3. The smallest absolute Gasteiger partial charge is 0.332 e. The molecule has 10 nitrogen and oxygen atoms in total. The summed E-state index contributed by atoms with van der Waals surface area (Å²) in [6, 6.07) is 2.86. The average Bonchev–Trinajstić information content (AvgIpc) is 2.79. The number of para-hydroxylation sites is 1. The summed E-state index contributed by atoms with van der Waals surface area (Å²) < 4.78 is 16.7. The number of nitrogens with two attached hydrogens (primary N) is 1. The maximum absolute atomic E-state index is 13.1. The van der Waals surface area contributed by atoms with Gasteiger partial charge < -0.3 is 30.4 Å². The third kappa shape index (κ3) is 6.39. The van der Waals surface area contributed by atoms with Crippen LogP contribution in [-0.2, 0) is 28.6 Å². The second kappa shape index (κ2) is 11.7. The Bertz CT molecular complexity index is 916. The van der Waals surface area contributed by atoms with E-state index in [-0.39, 0.29) is 11.3 Å². The summed E-state index contributed by atoms with van der Waals surface area (Å²) in [5.74, 6) is -4.58. The lowest BCUT2D eigenvalue weighted by Gasteiger charge is -2.29. The molecule has 1 aromatic carbocycles. The van der Waals surface area contributed by atoms with E-state index in [1.807, 2.05) is 6.92 Å². The molecule has 1 aliphatic heterocycles. The van der Waals surface area contributed by atoms with E-state index >= 15 is 0 Å². The summed E-state index contributed by atoms with van der Waals surface area (Å²) in [6.45, 7) is 8.26. The Morgan fingerprint density at radius 3 is 2.41 bits per heavy atom. The number of hydrogen-bond donors (Lipinski definition) is 3. The molecule has 0 saturated carbocycles. The lowest BCUT2D eigenvalue weighted by atomic mass is 9.92. The molecule has 34 heavy (non-hydrogen) atoms. The Labute approximate surface area is 199 Å². The van der Waals surface area contributed by atoms with E-state index in [1.165, 1.54) is 32.0 Å². The molecule has 0 aromatic heterocycles. The molecule has 5 atom stereocenters. The first-order valence-electron chi connectivity index (χ1n) is 11.5. The maximum atomic E-state index is 13.1. The summed E-state index contributed by atoms with van der Waals surface area (Å²) in [4.78, 5) is 51.2. The molecule has 4 N–H and O–H groups in total. The molecule has 0 spiro atoms. The van der Waals surface area contributed by atoms with Gasteiger partial charge in [0.15, 0.2) is 17.9 Å². The predicted octanol–water partition coefficient (Wildman–Crippen LogP) is 2.32. The van der Waals surface area contributed by atoms with Crippen LogP contribution in [-0.4, -0.2) is 53.3 Å². The van der Waals surface area contributed by atoms with Gasteiger partial charge in [-0.3, -0.25) is 14.4 Å². The fourth-order valence-electron chi connectivity index (χ4n) is 3.61. The molecule has 0 radical (unpaired) electrons. The molecule has 1 amide bonds. The van der Waals surface area contributed by atoms with Gasteiger partial charge in [-0.15, -0.1) is 0 Å². The normalized spacial score (nSPS) is 25.4. The number of carbonyl (C=O) groups is 4. The zero-order valence-corrected chi connectivity index (χ0v) is 20.2. The van der Waals surface area contributed by atoms with E-state index in [0.29, 0.717) is 12.8 Å². The van der Waals surface area contributed by atoms with Crippen LogP contribution in [0, 0.1) is 11.8 Å². The van der Waals surface area contributed by atoms with Crippen LogP contribution >= 0.6 is 0 Å². The molecule has 1 aliphatic rings. The SMILES string of the molecule is CCCC[C@H]1C(=O)O[C@H](C)[C@H](NC(=O)c2cccc(N)c2O)C(=O)O[C@@H](C)[C@@H]1OC(=O)C(C)C. The average molecular weight is 479 g/mol. The van der Waals surface area contributed by atoms with E-state index in [1.54, 1.807) is 13.8 Å². The fraction of sp³-hybridized carbons (Fsp3) is 0.583. The molecule has 0 unspecified atom stereocenters. The van der Waals surface area contributed by atoms with Crippen molar-refractivity contribution in [1.82, 2.24) is 5.32 Å². The van der Waals surface area contributed by atoms with Crippen LogP contribution in [0.5, 0.6) is 5.75 Å². The van der Waals surface area contributed by atoms with E-state index in [2.05, 4.69) is 5.32 Å². The molecular formula is C24H34N2O8. The lowest BCUT2D eigenvalue weighted by molar-refractivity contribution is -0.177. The molecule has 188 valence electrons. The first-order valence-corrected chi connectivity index (χ1v) is 11.5. The number of esters is 3. The van der Waals surface area contributed by atoms with E-state index < -0.39 is 65.8 Å². The summed E-state index contributed by atoms with van der Waals surface area (Å²) >= 11 is 0. The number of rotatable bonds is 7. The number of cyclic esters (lactones) is 2. The van der Waals surface area contributed by atoms with Crippen molar-refractivity contribution in [2.75, 3.05) is 5.73 Å². The molecule has 2 rings (SSSR count). The van der Waals surface area contributed by atoms with Crippen molar-refractivity contribution < 1.29 is 38.5 Å². The molecule has 1 aromatic rings. The van der Waals surface area contributed by atoms with Crippen molar-refractivity contribution >= 4 is 29.5 Å². The van der Waals surface area contributed by atoms with Gasteiger partial charge in [0.25, 0.3) is 5.91 Å². The molecule has 1 saturated heterocycles. The van der Waals surface area contributed by atoms with Gasteiger partial charge in [0.2, 0.25) is 0 Å². The number of unbranched alkanes of at least 4 members (excludes halogenated alkanes) is 1. The lowest BCUT2D eigenvalue weighted by Crippen LogP contribution is -2.50. The minimum Gasteiger partial charge on any atom is -0.505 e. The number of carbonyl (C=O) groups excluding carboxylic acids is 4. The van der Waals surface area contributed by atoms with E-state index in [0.717, 1.165) is 6.42 Å². The van der Waals surface area contributed by atoms with Crippen LogP contribution in [0.15, 0.2) is 18.2 Å². The first-order chi connectivity index (χ1) is 16.0. The number of hydrogen-bond acceptors (Lipinski definition) is 9. The monoisotopic (exact) mass is 478 g/mol. The predicted molar refractivity (Wildman–Crippen MR) is 123 cm³/mol. The van der Waals surface area contributed by atoms with Crippen LogP contribution in [0.1, 0.15) is 64.2 Å². The topological polar surface area (TPSA) is 154 Å². The summed E-state index contributed by atoms with van der Waals surface area (Å²) in [5, 5.41) is 12.6. The Morgan fingerprint density at radius 2 is 1.79 bits per heavy atom. The number of anilines is 1. The van der Waals surface area contributed by atoms with Crippen LogP contribution < -0.4 is 11.1 Å². The standard InChI is InChI=1S/C24H34N2O8/c1-6-7-9-16-20(34-22(29)12(2)3)14(5)33-24(31)18(13(4)32-23(16)30)26-21(28)15-10-8-11-17(25)19(15)27/h8,10-14,16,18,20,27H,6-7,9,25H2,1-5H3,(H,26,28)/t13-,14+,16-,18+,20+/m1/s1. The second-order valence-corrected chi connectivity index (χ2v) is 8.78. The van der Waals surface area contributed by atoms with Crippen molar-refractivity contribution in [1.29, 1.82) is 0 Å². The largest absolute Gasteiger partial charge is 0.505 e. The number of phenolic OH excluding ortho intramolecular Hbond substituents is 1. The van der Waals surface area contributed by atoms with Crippen LogP contribution in [0.25, 0.3) is 0 Å². The number of nitrogens with one attached hydrogen (secondary N) is 1. The molecular weight excluding hydrogens is 444 g/mol. The van der Waals surface area contributed by atoms with Crippen molar-refractivity contribution in [2.45, 2.75) is 78.2 Å². The van der Waals surface area contributed by atoms with Crippen molar-refractivity contribution in [3.8, 4) is 5.75 Å². The fourth-order valence-corrected chi connectivity index (χ4v) is 3.61. The first kappa shape index (κ1) is 26.9. The minimum absolute atomic E-state index is 0.00799. The van der Waals surface area contributed by atoms with Crippen LogP contribution in [0.3, 0.4) is 0 Å². The van der Waals surface area contributed by atoms with Crippen molar-refractivity contribution in [3.05, 3.63) is 23.8 Å². The van der Waals surface area contributed by atoms with Crippen molar-refractivity contribution in [2.24, 2.45) is 11.8 Å². The van der Waals surface area contributed by atoms with E-state index in [9.17, 15) is 24.3 Å². The zero-order valence-electron chi connectivity index (χ0n) is 20.2. The third-order valence-corrected chi connectivity index (χ3v) is 5.68. The number of phenols is 1. The summed E-state index contributed by atoms with van der Waals surface area (Å²) in [5.41, 5.74) is 5.49. The maximum Gasteiger partial charge on any atom is 0.332 e. The van der Waals surface area contributed by atoms with Gasteiger partial charge in [-0.25, -0.2) is 4.79 Å². The Balaban J connectivity index is 2.35. The highest BCUT2D eigenvalue weighted by Gasteiger charge is 2.44. The highest BCUT2D eigenvalue weighted by atomic mass is 16.6. The quantitative estimate of drug-likeness (QED) is 0.232. The van der Waals surface area contributed by atoms with Gasteiger partial charge >= 0.3 is 17.9 Å². The van der Waals surface area contributed by atoms with Gasteiger partial charge in [-0.05, 0) is 32.4 Å². The Hall–Kier alpha value is -3.30. The molecule has 10 heteroatoms. The number of aromatic hydroxyl groups is 1. The molecule has 1 heterocycles. The van der Waals surface area contributed by atoms with Gasteiger partial charge in [0.1, 0.15) is 12.2 Å². The Kier molecular flexibility index (Phi) is 9.28. The molecule has 1 fully saturated rings. The minimum atomic E-state index is -1.37. The second-order valence-electron chi connectivity index (χ2n) is 8.78. The number of benzene rings is 1. The Morgan fingerprint density at radius 1 is 1.15 bits per heavy atom. The van der Waals surface area contributed by atoms with Crippen LogP contribution in [0.2, 0.25) is 0 Å². The summed E-state index contributed by atoms with van der Waals surface area (Å²) in [7, 11) is 0. The number of amides is 1. The highest BCUT2D eigenvalue weighted by Crippen LogP contribution is 2.28. The third-order valence-electron chi connectivity index (χ3n) is 5.68. The van der Waals surface area contributed by atoms with E-state index in [4.69, 9.17) is 19.9 Å². The zero-order chi connectivity index (χ0) is 25.6. The van der Waals surface area contributed by atoms with Gasteiger partial charge in [-0.2, -0.15) is 0 Å². The van der Waals surface area contributed by atoms with Gasteiger partial charge in [0.05, 0.1) is 23.1 Å². The van der Waals surface area contributed by atoms with Gasteiger partial charge in [0, 0.05) is 0 Å². The number of nitrogen functional groups attached to an aromatic ring is 1. The van der Waals surface area contributed by atoms with Crippen molar-refractivity contribution in [3.63, 3.8) is 0 Å². The molecule has 0 aliphatic carbocycles. The highest BCUT2D eigenvalue weighted by molar-refractivity contribution is 6.00. The van der Waals surface area contributed by atoms with Gasteiger partial charge in [-0.1, -0.05) is 39.7 Å². The molecule has 0 bridgehead atoms. The van der Waals surface area contributed by atoms with Crippen LogP contribution in [0.4, 0.5) is 5.69 Å². The summed E-state index contributed by atoms with van der Waals surface area (Å²) in [6.07, 6.45) is -1.29.